The molecular weight excluding hydrogens is 318 g/mol. The highest BCUT2D eigenvalue weighted by molar-refractivity contribution is 5.98. The van der Waals surface area contributed by atoms with Crippen LogP contribution < -0.4 is 10.1 Å². The third kappa shape index (κ3) is 4.67. The lowest BCUT2D eigenvalue weighted by molar-refractivity contribution is 0.0905. The smallest absolute Gasteiger partial charge is 0.251 e. The summed E-state index contributed by atoms with van der Waals surface area (Å²) in [6.45, 7) is 3.86. The molecule has 0 spiro atoms. The summed E-state index contributed by atoms with van der Waals surface area (Å²) in [7, 11) is 3.14. The van der Waals surface area contributed by atoms with Crippen LogP contribution in [0.5, 0.6) is 5.75 Å². The predicted molar refractivity (Wildman–Crippen MR) is 97.2 cm³/mol. The van der Waals surface area contributed by atoms with Gasteiger partial charge in [-0.05, 0) is 49.2 Å². The zero-order chi connectivity index (χ0) is 18.4. The maximum absolute atomic E-state index is 12.2. The molecule has 0 aliphatic carbocycles. The van der Waals surface area contributed by atoms with Gasteiger partial charge < -0.3 is 14.8 Å². The molecule has 0 bridgehead atoms. The molecule has 0 saturated heterocycles. The van der Waals surface area contributed by atoms with Crippen molar-refractivity contribution >= 4 is 11.7 Å². The van der Waals surface area contributed by atoms with Gasteiger partial charge in [0.15, 0.2) is 5.78 Å². The largest absolute Gasteiger partial charge is 0.496 e. The van der Waals surface area contributed by atoms with Crippen LogP contribution in [0.2, 0.25) is 0 Å². The van der Waals surface area contributed by atoms with E-state index in [1.54, 1.807) is 38.5 Å². The summed E-state index contributed by atoms with van der Waals surface area (Å²) < 4.78 is 10.2. The third-order valence-electron chi connectivity index (χ3n) is 3.85. The number of hydrogen-bond acceptors (Lipinski definition) is 4. The molecule has 0 saturated carbocycles. The highest BCUT2D eigenvalue weighted by Crippen LogP contribution is 2.27. The van der Waals surface area contributed by atoms with E-state index >= 15 is 0 Å². The monoisotopic (exact) mass is 341 g/mol. The number of carbonyl (C=O) groups excluding carboxylic acids is 2. The van der Waals surface area contributed by atoms with E-state index in [4.69, 9.17) is 9.47 Å². The van der Waals surface area contributed by atoms with Gasteiger partial charge in [0.2, 0.25) is 0 Å². The molecule has 0 heterocycles. The average molecular weight is 341 g/mol. The molecule has 5 nitrogen and oxygen atoms in total. The number of hydrogen-bond donors (Lipinski definition) is 1. The molecule has 0 radical (unpaired) electrons. The highest BCUT2D eigenvalue weighted by atomic mass is 16.5. The fraction of sp³-hybridized carbons (Fsp3) is 0.300. The lowest BCUT2D eigenvalue weighted by Crippen LogP contribution is -2.35. The van der Waals surface area contributed by atoms with Crippen LogP contribution in [0.25, 0.3) is 11.1 Å². The molecule has 2 aromatic rings. The first-order valence-electron chi connectivity index (χ1n) is 8.05. The average Bonchev–Trinajstić information content (AvgIpc) is 2.61. The zero-order valence-corrected chi connectivity index (χ0v) is 15.0. The molecule has 0 unspecified atom stereocenters. The maximum atomic E-state index is 12.2. The first-order valence-corrected chi connectivity index (χ1v) is 8.05. The summed E-state index contributed by atoms with van der Waals surface area (Å²) in [5.41, 5.74) is 2.93. The number of carbonyl (C=O) groups is 2. The summed E-state index contributed by atoms with van der Waals surface area (Å²) in [5, 5.41) is 2.87. The van der Waals surface area contributed by atoms with E-state index in [0.717, 1.165) is 11.1 Å². The minimum atomic E-state index is -0.143. The molecule has 5 heteroatoms. The quantitative estimate of drug-likeness (QED) is 0.785. The standard InChI is InChI=1S/C20H23NO4/c1-13(12-24-3)21-20(23)16-7-5-15(6-8-16)17-9-10-19(25-4)18(11-17)14(2)22/h5-11,13H,12H2,1-4H3,(H,21,23)/t13-/m1/s1. The lowest BCUT2D eigenvalue weighted by atomic mass is 9.99. The molecule has 0 fully saturated rings. The van der Waals surface area contributed by atoms with Crippen molar-refractivity contribution in [2.45, 2.75) is 19.9 Å². The van der Waals surface area contributed by atoms with Crippen molar-refractivity contribution in [2.24, 2.45) is 0 Å². The second kappa shape index (κ2) is 8.44. The van der Waals surface area contributed by atoms with Crippen molar-refractivity contribution in [1.82, 2.24) is 5.32 Å². The van der Waals surface area contributed by atoms with Gasteiger partial charge in [-0.25, -0.2) is 0 Å². The zero-order valence-electron chi connectivity index (χ0n) is 15.0. The Hall–Kier alpha value is -2.66. The van der Waals surface area contributed by atoms with Gasteiger partial charge in [0.25, 0.3) is 5.91 Å². The molecular formula is C20H23NO4. The van der Waals surface area contributed by atoms with E-state index in [9.17, 15) is 9.59 Å². The molecule has 2 aromatic carbocycles. The number of benzene rings is 2. The lowest BCUT2D eigenvalue weighted by Gasteiger charge is -2.13. The van der Waals surface area contributed by atoms with E-state index in [0.29, 0.717) is 23.5 Å². The number of ketones is 1. The van der Waals surface area contributed by atoms with Crippen LogP contribution in [0.1, 0.15) is 34.6 Å². The normalized spacial score (nSPS) is 11.7. The van der Waals surface area contributed by atoms with Crippen LogP contribution in [0, 0.1) is 0 Å². The Labute approximate surface area is 148 Å². The van der Waals surface area contributed by atoms with Gasteiger partial charge >= 0.3 is 0 Å². The van der Waals surface area contributed by atoms with E-state index in [2.05, 4.69) is 5.32 Å². The third-order valence-corrected chi connectivity index (χ3v) is 3.85. The number of rotatable bonds is 7. The highest BCUT2D eigenvalue weighted by Gasteiger charge is 2.12. The van der Waals surface area contributed by atoms with Crippen molar-refractivity contribution in [1.29, 1.82) is 0 Å². The second-order valence-electron chi connectivity index (χ2n) is 5.88. The Morgan fingerprint density at radius 3 is 2.24 bits per heavy atom. The van der Waals surface area contributed by atoms with Crippen LogP contribution in [0.15, 0.2) is 42.5 Å². The van der Waals surface area contributed by atoms with Gasteiger partial charge in [-0.15, -0.1) is 0 Å². The maximum Gasteiger partial charge on any atom is 0.251 e. The van der Waals surface area contributed by atoms with Crippen molar-refractivity contribution < 1.29 is 19.1 Å². The Balaban J connectivity index is 2.21. The number of Topliss-reactive ketones (excluding diaryl/α,β-unsaturated/α-hetero) is 1. The SMILES string of the molecule is COC[C@@H](C)NC(=O)c1ccc(-c2ccc(OC)c(C(C)=O)c2)cc1. The first kappa shape index (κ1) is 18.7. The topological polar surface area (TPSA) is 64.6 Å². The molecule has 1 amide bonds. The summed E-state index contributed by atoms with van der Waals surface area (Å²) in [6, 6.07) is 12.7. The van der Waals surface area contributed by atoms with E-state index in [1.165, 1.54) is 6.92 Å². The Morgan fingerprint density at radius 2 is 1.68 bits per heavy atom. The van der Waals surface area contributed by atoms with Crippen LogP contribution in [0.4, 0.5) is 0 Å². The van der Waals surface area contributed by atoms with Crippen LogP contribution in [-0.2, 0) is 4.74 Å². The van der Waals surface area contributed by atoms with Crippen LogP contribution >= 0.6 is 0 Å². The molecule has 1 N–H and O–H groups in total. The van der Waals surface area contributed by atoms with Crippen molar-refractivity contribution in [3.63, 3.8) is 0 Å². The first-order chi connectivity index (χ1) is 12.0. The fourth-order valence-corrected chi connectivity index (χ4v) is 2.58. The summed E-state index contributed by atoms with van der Waals surface area (Å²) in [6.07, 6.45) is 0. The molecule has 0 aliphatic heterocycles. The minimum absolute atomic E-state index is 0.0539. The van der Waals surface area contributed by atoms with E-state index < -0.39 is 0 Å². The Morgan fingerprint density at radius 1 is 1.04 bits per heavy atom. The van der Waals surface area contributed by atoms with Crippen molar-refractivity contribution in [3.8, 4) is 16.9 Å². The molecule has 25 heavy (non-hydrogen) atoms. The Bertz CT molecular complexity index is 753. The van der Waals surface area contributed by atoms with Gasteiger partial charge in [-0.1, -0.05) is 18.2 Å². The summed E-state index contributed by atoms with van der Waals surface area (Å²) in [4.78, 5) is 23.9. The summed E-state index contributed by atoms with van der Waals surface area (Å²) in [5.74, 6) is 0.358. The molecule has 132 valence electrons. The van der Waals surface area contributed by atoms with Gasteiger partial charge in [-0.2, -0.15) is 0 Å². The number of ether oxygens (including phenoxy) is 2. The van der Waals surface area contributed by atoms with Gasteiger partial charge in [-0.3, -0.25) is 9.59 Å². The number of methoxy groups -OCH3 is 2. The Kier molecular flexibility index (Phi) is 6.31. The minimum Gasteiger partial charge on any atom is -0.496 e. The number of nitrogens with one attached hydrogen (secondary N) is 1. The van der Waals surface area contributed by atoms with Crippen molar-refractivity contribution in [2.75, 3.05) is 20.8 Å². The molecule has 2 rings (SSSR count). The molecule has 0 aromatic heterocycles. The summed E-state index contributed by atoms with van der Waals surface area (Å²) >= 11 is 0. The van der Waals surface area contributed by atoms with Gasteiger partial charge in [0.1, 0.15) is 5.75 Å². The van der Waals surface area contributed by atoms with Gasteiger partial charge in [0, 0.05) is 18.7 Å². The van der Waals surface area contributed by atoms with Crippen molar-refractivity contribution in [3.05, 3.63) is 53.6 Å². The number of amides is 1. The predicted octanol–water partition coefficient (Wildman–Crippen LogP) is 3.33. The van der Waals surface area contributed by atoms with E-state index in [-0.39, 0.29) is 17.7 Å². The molecule has 0 aliphatic rings. The van der Waals surface area contributed by atoms with Crippen LogP contribution in [0.3, 0.4) is 0 Å². The second-order valence-corrected chi connectivity index (χ2v) is 5.88. The van der Waals surface area contributed by atoms with Crippen LogP contribution in [-0.4, -0.2) is 38.6 Å². The molecule has 1 atom stereocenters. The van der Waals surface area contributed by atoms with E-state index in [1.807, 2.05) is 25.1 Å². The fourth-order valence-electron chi connectivity index (χ4n) is 2.58. The van der Waals surface area contributed by atoms with Gasteiger partial charge in [0.05, 0.1) is 19.3 Å².